The Hall–Kier alpha value is -2.92. The Morgan fingerprint density at radius 1 is 1.38 bits per heavy atom. The fourth-order valence-corrected chi connectivity index (χ4v) is 4.11. The normalized spacial score (nSPS) is 11.4. The zero-order chi connectivity index (χ0) is 21.2. The number of carbonyl (C=O) groups excluding carboxylic acids is 1. The van der Waals surface area contributed by atoms with Gasteiger partial charge in [0.2, 0.25) is 15.9 Å². The second-order valence-corrected chi connectivity index (χ2v) is 8.23. The number of methoxy groups -OCH3 is 1. The number of aromatic nitrogens is 3. The number of anilines is 2. The summed E-state index contributed by atoms with van der Waals surface area (Å²) in [7, 11) is -2.24. The van der Waals surface area contributed by atoms with Crippen molar-refractivity contribution >= 4 is 49.9 Å². The van der Waals surface area contributed by atoms with E-state index in [1.54, 1.807) is 13.0 Å². The van der Waals surface area contributed by atoms with Crippen LogP contribution in [0.2, 0.25) is 5.02 Å². The smallest absolute Gasteiger partial charge is 0.260 e. The molecule has 0 spiro atoms. The molecule has 0 aliphatic rings. The lowest BCUT2D eigenvalue weighted by Gasteiger charge is -2.13. The van der Waals surface area contributed by atoms with Gasteiger partial charge in [-0.15, -0.1) is 5.10 Å². The number of hydrogen-bond acceptors (Lipinski definition) is 6. The van der Waals surface area contributed by atoms with Crippen LogP contribution in [0.5, 0.6) is 5.88 Å². The van der Waals surface area contributed by atoms with Gasteiger partial charge in [-0.2, -0.15) is 0 Å². The molecule has 0 bridgehead atoms. The van der Waals surface area contributed by atoms with Gasteiger partial charge in [-0.05, 0) is 24.6 Å². The molecule has 0 atom stereocenters. The molecule has 3 aromatic rings. The first-order chi connectivity index (χ1) is 13.8. The van der Waals surface area contributed by atoms with Gasteiger partial charge in [0.05, 0.1) is 46.4 Å². The van der Waals surface area contributed by atoms with Crippen molar-refractivity contribution in [1.82, 2.24) is 15.2 Å². The summed E-state index contributed by atoms with van der Waals surface area (Å²) in [5.74, 6) is -1.63. The van der Waals surface area contributed by atoms with Crippen LogP contribution in [0.4, 0.5) is 15.8 Å². The van der Waals surface area contributed by atoms with Gasteiger partial charge in [-0.25, -0.2) is 17.8 Å². The van der Waals surface area contributed by atoms with Crippen molar-refractivity contribution in [2.45, 2.75) is 13.3 Å². The molecule has 1 aromatic carbocycles. The number of aromatic amines is 1. The largest absolute Gasteiger partial charge is 0.479 e. The van der Waals surface area contributed by atoms with E-state index >= 15 is 0 Å². The van der Waals surface area contributed by atoms with E-state index in [1.807, 2.05) is 0 Å². The van der Waals surface area contributed by atoms with E-state index in [-0.39, 0.29) is 28.0 Å². The average Bonchev–Trinajstić information content (AvgIpc) is 3.06. The second kappa shape index (κ2) is 8.21. The molecule has 0 aliphatic heterocycles. The quantitative estimate of drug-likeness (QED) is 0.517. The van der Waals surface area contributed by atoms with Crippen molar-refractivity contribution in [3.05, 3.63) is 40.8 Å². The van der Waals surface area contributed by atoms with E-state index in [2.05, 4.69) is 25.2 Å². The molecule has 9 nitrogen and oxygen atoms in total. The standard InChI is InChI=1S/C17H17ClFN5O4S/c1-3-6-29(26,27)24-12-5-4-11(19)13(14(12)18)16(25)21-9-7-10-15(20-8-9)22-23-17(10)28-2/h4-5,7-8,24H,3,6H2,1-2H3,(H,21,25)(H,20,22,23). The number of nitrogens with zero attached hydrogens (tertiary/aromatic N) is 2. The number of nitrogens with one attached hydrogen (secondary N) is 3. The van der Waals surface area contributed by atoms with Gasteiger partial charge in [0.1, 0.15) is 5.82 Å². The Morgan fingerprint density at radius 2 is 2.14 bits per heavy atom. The van der Waals surface area contributed by atoms with Crippen LogP contribution in [-0.4, -0.2) is 42.4 Å². The van der Waals surface area contributed by atoms with E-state index < -0.39 is 27.3 Å². The molecule has 1 amide bonds. The molecule has 0 saturated heterocycles. The highest BCUT2D eigenvalue weighted by molar-refractivity contribution is 7.92. The molecule has 2 aromatic heterocycles. The highest BCUT2D eigenvalue weighted by Crippen LogP contribution is 2.30. The van der Waals surface area contributed by atoms with Crippen LogP contribution in [0, 0.1) is 5.82 Å². The summed E-state index contributed by atoms with van der Waals surface area (Å²) in [4.78, 5) is 16.7. The molecular formula is C17H17ClFN5O4S. The van der Waals surface area contributed by atoms with Crippen LogP contribution in [0.25, 0.3) is 11.0 Å². The lowest BCUT2D eigenvalue weighted by atomic mass is 10.1. The van der Waals surface area contributed by atoms with Gasteiger partial charge in [0.15, 0.2) is 5.65 Å². The minimum absolute atomic E-state index is 0.0863. The number of sulfonamides is 1. The lowest BCUT2D eigenvalue weighted by Crippen LogP contribution is -2.19. The van der Waals surface area contributed by atoms with Gasteiger partial charge >= 0.3 is 0 Å². The number of rotatable bonds is 7. The van der Waals surface area contributed by atoms with E-state index in [9.17, 15) is 17.6 Å². The van der Waals surface area contributed by atoms with Crippen LogP contribution >= 0.6 is 11.6 Å². The maximum absolute atomic E-state index is 14.3. The Bertz CT molecular complexity index is 1180. The highest BCUT2D eigenvalue weighted by Gasteiger charge is 2.22. The predicted molar refractivity (Wildman–Crippen MR) is 108 cm³/mol. The van der Waals surface area contributed by atoms with Crippen LogP contribution in [0.15, 0.2) is 24.4 Å². The van der Waals surface area contributed by atoms with E-state index in [0.717, 1.165) is 12.1 Å². The third-order valence-electron chi connectivity index (χ3n) is 3.89. The molecule has 0 radical (unpaired) electrons. The zero-order valence-electron chi connectivity index (χ0n) is 15.4. The van der Waals surface area contributed by atoms with Crippen LogP contribution in [0.3, 0.4) is 0 Å². The molecule has 154 valence electrons. The van der Waals surface area contributed by atoms with Gasteiger partial charge in [0.25, 0.3) is 5.91 Å². The number of amides is 1. The fourth-order valence-electron chi connectivity index (χ4n) is 2.63. The van der Waals surface area contributed by atoms with E-state index in [4.69, 9.17) is 16.3 Å². The summed E-state index contributed by atoms with van der Waals surface area (Å²) in [5, 5.41) is 9.23. The van der Waals surface area contributed by atoms with Crippen molar-refractivity contribution < 1.29 is 22.3 Å². The highest BCUT2D eigenvalue weighted by atomic mass is 35.5. The van der Waals surface area contributed by atoms with Gasteiger partial charge in [0, 0.05) is 0 Å². The first kappa shape index (κ1) is 20.8. The van der Waals surface area contributed by atoms with Crippen LogP contribution in [-0.2, 0) is 10.0 Å². The number of hydrogen-bond donors (Lipinski definition) is 3. The summed E-state index contributed by atoms with van der Waals surface area (Å²) in [6, 6.07) is 3.67. The van der Waals surface area contributed by atoms with Gasteiger partial charge < -0.3 is 10.1 Å². The van der Waals surface area contributed by atoms with Gasteiger partial charge in [-0.1, -0.05) is 18.5 Å². The van der Waals surface area contributed by atoms with Crippen molar-refractivity contribution in [3.63, 3.8) is 0 Å². The van der Waals surface area contributed by atoms with Crippen molar-refractivity contribution in [3.8, 4) is 5.88 Å². The van der Waals surface area contributed by atoms with Crippen molar-refractivity contribution in [2.24, 2.45) is 0 Å². The first-order valence-corrected chi connectivity index (χ1v) is 10.5. The van der Waals surface area contributed by atoms with Crippen LogP contribution < -0.4 is 14.8 Å². The maximum atomic E-state index is 14.3. The van der Waals surface area contributed by atoms with Crippen LogP contribution in [0.1, 0.15) is 23.7 Å². The first-order valence-electron chi connectivity index (χ1n) is 8.43. The number of benzene rings is 1. The monoisotopic (exact) mass is 441 g/mol. The van der Waals surface area contributed by atoms with E-state index in [0.29, 0.717) is 17.5 Å². The Kier molecular flexibility index (Phi) is 5.89. The van der Waals surface area contributed by atoms with Crippen molar-refractivity contribution in [2.75, 3.05) is 22.9 Å². The Morgan fingerprint density at radius 3 is 2.83 bits per heavy atom. The zero-order valence-corrected chi connectivity index (χ0v) is 17.0. The molecule has 2 heterocycles. The number of pyridine rings is 1. The minimum atomic E-state index is -3.67. The average molecular weight is 442 g/mol. The second-order valence-electron chi connectivity index (χ2n) is 6.01. The fraction of sp³-hybridized carbons (Fsp3) is 0.235. The maximum Gasteiger partial charge on any atom is 0.260 e. The molecule has 0 aliphatic carbocycles. The number of ether oxygens (including phenoxy) is 1. The molecule has 0 unspecified atom stereocenters. The molecule has 29 heavy (non-hydrogen) atoms. The number of carbonyl (C=O) groups is 1. The lowest BCUT2D eigenvalue weighted by molar-refractivity contribution is 0.102. The third kappa shape index (κ3) is 4.40. The summed E-state index contributed by atoms with van der Waals surface area (Å²) in [6.45, 7) is 1.70. The summed E-state index contributed by atoms with van der Waals surface area (Å²) in [6.07, 6.45) is 1.73. The van der Waals surface area contributed by atoms with E-state index in [1.165, 1.54) is 13.3 Å². The number of fused-ring (bicyclic) bond motifs is 1. The Balaban J connectivity index is 1.92. The summed E-state index contributed by atoms with van der Waals surface area (Å²) < 4.78 is 45.6. The third-order valence-corrected chi connectivity index (χ3v) is 5.76. The van der Waals surface area contributed by atoms with Crippen molar-refractivity contribution in [1.29, 1.82) is 0 Å². The topological polar surface area (TPSA) is 126 Å². The number of H-pyrrole nitrogens is 1. The SMILES string of the molecule is CCCS(=O)(=O)Nc1ccc(F)c(C(=O)Nc2cnc3[nH]nc(OC)c3c2)c1Cl. The Labute approximate surface area is 170 Å². The predicted octanol–water partition coefficient (Wildman–Crippen LogP) is 3.16. The summed E-state index contributed by atoms with van der Waals surface area (Å²) >= 11 is 6.13. The molecule has 0 saturated carbocycles. The minimum Gasteiger partial charge on any atom is -0.479 e. The molecule has 3 N–H and O–H groups in total. The van der Waals surface area contributed by atoms with Gasteiger partial charge in [-0.3, -0.25) is 14.6 Å². The molecule has 12 heteroatoms. The molecule has 0 fully saturated rings. The molecule has 3 rings (SSSR count). The number of halogens is 2. The summed E-state index contributed by atoms with van der Waals surface area (Å²) in [5.41, 5.74) is 0.102. The molecular weight excluding hydrogens is 425 g/mol.